The van der Waals surface area contributed by atoms with Crippen LogP contribution in [0, 0.1) is 5.92 Å². The average Bonchev–Trinajstić information content (AvgIpc) is 2.47. The number of hydrogen-bond donors (Lipinski definition) is 1. The lowest BCUT2D eigenvalue weighted by molar-refractivity contribution is -0.138. The van der Waals surface area contributed by atoms with Gasteiger partial charge in [-0.2, -0.15) is 13.2 Å². The third-order valence-electron chi connectivity index (χ3n) is 4.24. The number of likely N-dealkylation sites (tertiary alicyclic amines) is 1. The van der Waals surface area contributed by atoms with Crippen molar-refractivity contribution in [1.82, 2.24) is 4.90 Å². The van der Waals surface area contributed by atoms with E-state index in [-0.39, 0.29) is 30.8 Å². The van der Waals surface area contributed by atoms with E-state index in [0.29, 0.717) is 18.4 Å². The summed E-state index contributed by atoms with van der Waals surface area (Å²) in [5.74, 6) is -0.991. The van der Waals surface area contributed by atoms with Crippen molar-refractivity contribution in [3.8, 4) is 0 Å². The number of hydrogen-bond acceptors (Lipinski definition) is 2. The van der Waals surface area contributed by atoms with Crippen molar-refractivity contribution in [2.75, 3.05) is 6.54 Å². The predicted octanol–water partition coefficient (Wildman–Crippen LogP) is 2.36. The average molecular weight is 328 g/mol. The molecule has 0 saturated carbocycles. The van der Waals surface area contributed by atoms with Gasteiger partial charge in [-0.1, -0.05) is 12.1 Å². The number of rotatable bonds is 3. The summed E-state index contributed by atoms with van der Waals surface area (Å²) in [7, 11) is 0. The zero-order valence-corrected chi connectivity index (χ0v) is 12.8. The second kappa shape index (κ2) is 6.60. The van der Waals surface area contributed by atoms with E-state index in [4.69, 9.17) is 5.73 Å². The molecule has 1 fully saturated rings. The molecule has 126 valence electrons. The lowest BCUT2D eigenvalue weighted by Crippen LogP contribution is -2.49. The molecular formula is C16H19F3N2O2. The first-order valence-electron chi connectivity index (χ1n) is 7.43. The van der Waals surface area contributed by atoms with Crippen molar-refractivity contribution in [3.63, 3.8) is 0 Å². The van der Waals surface area contributed by atoms with Crippen LogP contribution in [-0.4, -0.2) is 29.3 Å². The Bertz CT molecular complexity index is 584. The molecule has 0 unspecified atom stereocenters. The first-order chi connectivity index (χ1) is 10.7. The number of nitrogens with two attached hydrogens (primary N) is 1. The molecule has 2 atom stereocenters. The summed E-state index contributed by atoms with van der Waals surface area (Å²) in [5.41, 5.74) is 5.07. The molecule has 2 amide bonds. The molecular weight excluding hydrogens is 309 g/mol. The van der Waals surface area contributed by atoms with E-state index in [9.17, 15) is 22.8 Å². The summed E-state index contributed by atoms with van der Waals surface area (Å²) in [6, 6.07) is 4.54. The summed E-state index contributed by atoms with van der Waals surface area (Å²) in [4.78, 5) is 25.3. The Labute approximate surface area is 132 Å². The number of carbonyl (C=O) groups excluding carboxylic acids is 2. The number of piperidine rings is 1. The van der Waals surface area contributed by atoms with Crippen LogP contribution < -0.4 is 5.73 Å². The van der Waals surface area contributed by atoms with Crippen molar-refractivity contribution in [2.24, 2.45) is 11.7 Å². The van der Waals surface area contributed by atoms with E-state index in [1.54, 1.807) is 4.90 Å². The van der Waals surface area contributed by atoms with Crippen LogP contribution in [0.3, 0.4) is 0 Å². The molecule has 2 N–H and O–H groups in total. The summed E-state index contributed by atoms with van der Waals surface area (Å²) >= 11 is 0. The number of benzene rings is 1. The van der Waals surface area contributed by atoms with Gasteiger partial charge in [-0.05, 0) is 37.5 Å². The topological polar surface area (TPSA) is 63.4 Å². The van der Waals surface area contributed by atoms with Crippen molar-refractivity contribution in [2.45, 2.75) is 38.4 Å². The van der Waals surface area contributed by atoms with Crippen LogP contribution in [0.5, 0.6) is 0 Å². The van der Waals surface area contributed by atoms with Crippen molar-refractivity contribution in [3.05, 3.63) is 35.4 Å². The molecule has 1 aliphatic heterocycles. The Morgan fingerprint density at radius 1 is 1.22 bits per heavy atom. The fraction of sp³-hybridized carbons (Fsp3) is 0.500. The number of primary amides is 1. The predicted molar refractivity (Wildman–Crippen MR) is 78.2 cm³/mol. The first-order valence-corrected chi connectivity index (χ1v) is 7.43. The molecule has 0 spiro atoms. The van der Waals surface area contributed by atoms with E-state index >= 15 is 0 Å². The molecule has 1 aromatic rings. The number of nitrogens with zero attached hydrogens (tertiary/aromatic N) is 1. The number of amides is 2. The lowest BCUT2D eigenvalue weighted by Gasteiger charge is -2.37. The Kier molecular flexibility index (Phi) is 4.97. The van der Waals surface area contributed by atoms with Gasteiger partial charge in [0.05, 0.1) is 17.9 Å². The van der Waals surface area contributed by atoms with E-state index < -0.39 is 17.6 Å². The van der Waals surface area contributed by atoms with Crippen LogP contribution in [0.15, 0.2) is 24.3 Å². The smallest absolute Gasteiger partial charge is 0.369 e. The quantitative estimate of drug-likeness (QED) is 0.926. The van der Waals surface area contributed by atoms with E-state index in [0.717, 1.165) is 12.1 Å². The summed E-state index contributed by atoms with van der Waals surface area (Å²) < 4.78 is 37.6. The molecule has 4 nitrogen and oxygen atoms in total. The minimum atomic E-state index is -4.39. The van der Waals surface area contributed by atoms with Gasteiger partial charge in [0.15, 0.2) is 0 Å². The van der Waals surface area contributed by atoms with Gasteiger partial charge in [0.1, 0.15) is 0 Å². The van der Waals surface area contributed by atoms with Crippen LogP contribution in [0.4, 0.5) is 13.2 Å². The first kappa shape index (κ1) is 17.3. The SMILES string of the molecule is C[C@@H]1CC[C@H](C(N)=O)CN1C(=O)Cc1ccc(C(F)(F)F)cc1. The third kappa shape index (κ3) is 4.24. The Morgan fingerprint density at radius 3 is 2.35 bits per heavy atom. The maximum atomic E-state index is 12.5. The Hall–Kier alpha value is -2.05. The highest BCUT2D eigenvalue weighted by atomic mass is 19.4. The summed E-state index contributed by atoms with van der Waals surface area (Å²) in [6.45, 7) is 2.16. The van der Waals surface area contributed by atoms with Gasteiger partial charge in [-0.15, -0.1) is 0 Å². The van der Waals surface area contributed by atoms with Gasteiger partial charge < -0.3 is 10.6 Å². The standard InChI is InChI=1S/C16H19F3N2O2/c1-10-2-5-12(15(20)23)9-21(10)14(22)8-11-3-6-13(7-4-11)16(17,18)19/h3-4,6-7,10,12H,2,5,8-9H2,1H3,(H2,20,23)/t10-,12+/m1/s1. The van der Waals surface area contributed by atoms with Crippen LogP contribution in [0.2, 0.25) is 0 Å². The van der Waals surface area contributed by atoms with Gasteiger partial charge in [-0.25, -0.2) is 0 Å². The van der Waals surface area contributed by atoms with Crippen molar-refractivity contribution >= 4 is 11.8 Å². The fourth-order valence-corrected chi connectivity index (χ4v) is 2.77. The fourth-order valence-electron chi connectivity index (χ4n) is 2.77. The lowest BCUT2D eigenvalue weighted by atomic mass is 9.92. The molecule has 0 aliphatic carbocycles. The number of halogens is 3. The number of carbonyl (C=O) groups is 2. The molecule has 1 heterocycles. The molecule has 1 aromatic carbocycles. The van der Waals surface area contributed by atoms with E-state index in [1.165, 1.54) is 12.1 Å². The molecule has 1 saturated heterocycles. The normalized spacial score (nSPS) is 22.0. The highest BCUT2D eigenvalue weighted by Gasteiger charge is 2.32. The second-order valence-corrected chi connectivity index (χ2v) is 5.94. The van der Waals surface area contributed by atoms with E-state index in [2.05, 4.69) is 0 Å². The molecule has 2 rings (SSSR count). The number of alkyl halides is 3. The summed E-state index contributed by atoms with van der Waals surface area (Å²) in [5, 5.41) is 0. The minimum Gasteiger partial charge on any atom is -0.369 e. The van der Waals surface area contributed by atoms with Gasteiger partial charge in [0, 0.05) is 12.6 Å². The van der Waals surface area contributed by atoms with Crippen LogP contribution in [0.25, 0.3) is 0 Å². The highest BCUT2D eigenvalue weighted by Crippen LogP contribution is 2.29. The molecule has 7 heteroatoms. The maximum absolute atomic E-state index is 12.5. The second-order valence-electron chi connectivity index (χ2n) is 5.94. The van der Waals surface area contributed by atoms with Crippen LogP contribution >= 0.6 is 0 Å². The van der Waals surface area contributed by atoms with Gasteiger partial charge >= 0.3 is 6.18 Å². The molecule has 0 radical (unpaired) electrons. The summed E-state index contributed by atoms with van der Waals surface area (Å²) in [6.07, 6.45) is -3.04. The van der Waals surface area contributed by atoms with E-state index in [1.807, 2.05) is 6.92 Å². The zero-order valence-electron chi connectivity index (χ0n) is 12.8. The zero-order chi connectivity index (χ0) is 17.2. The largest absolute Gasteiger partial charge is 0.416 e. The van der Waals surface area contributed by atoms with Crippen molar-refractivity contribution < 1.29 is 22.8 Å². The van der Waals surface area contributed by atoms with Crippen LogP contribution in [0.1, 0.15) is 30.9 Å². The third-order valence-corrected chi connectivity index (χ3v) is 4.24. The molecule has 1 aliphatic rings. The van der Waals surface area contributed by atoms with Gasteiger partial charge in [0.25, 0.3) is 0 Å². The molecule has 0 aromatic heterocycles. The highest BCUT2D eigenvalue weighted by molar-refractivity contribution is 5.81. The Balaban J connectivity index is 2.04. The van der Waals surface area contributed by atoms with Gasteiger partial charge in [-0.3, -0.25) is 9.59 Å². The monoisotopic (exact) mass is 328 g/mol. The van der Waals surface area contributed by atoms with Crippen molar-refractivity contribution in [1.29, 1.82) is 0 Å². The van der Waals surface area contributed by atoms with Crippen LogP contribution in [-0.2, 0) is 22.2 Å². The Morgan fingerprint density at radius 2 is 1.83 bits per heavy atom. The van der Waals surface area contributed by atoms with Gasteiger partial charge in [0.2, 0.25) is 11.8 Å². The molecule has 0 bridgehead atoms. The maximum Gasteiger partial charge on any atom is 0.416 e. The molecule has 23 heavy (non-hydrogen) atoms. The minimum absolute atomic E-state index is 0.00690.